The Morgan fingerprint density at radius 2 is 1.76 bits per heavy atom. The molecule has 10 heteroatoms. The molecule has 0 aliphatic heterocycles. The topological polar surface area (TPSA) is 81.4 Å². The largest absolute Gasteiger partial charge is 0.433 e. The summed E-state index contributed by atoms with van der Waals surface area (Å²) in [5, 5.41) is 2.94. The van der Waals surface area contributed by atoms with E-state index in [9.17, 15) is 13.2 Å². The number of nitrogens with zero attached hydrogens (tertiary/aromatic N) is 6. The average Bonchev–Trinajstić information content (AvgIpc) is 3.13. The van der Waals surface area contributed by atoms with E-state index in [-0.39, 0.29) is 11.7 Å². The van der Waals surface area contributed by atoms with Gasteiger partial charge in [0.15, 0.2) is 22.8 Å². The molecule has 4 aromatic rings. The first-order valence-corrected chi connectivity index (χ1v) is 8.78. The van der Waals surface area contributed by atoms with Gasteiger partial charge in [-0.25, -0.2) is 15.0 Å². The molecule has 0 saturated heterocycles. The first-order valence-electron chi connectivity index (χ1n) is 8.78. The fourth-order valence-corrected chi connectivity index (χ4v) is 2.81. The van der Waals surface area contributed by atoms with E-state index < -0.39 is 11.9 Å². The van der Waals surface area contributed by atoms with Crippen molar-refractivity contribution in [1.29, 1.82) is 0 Å². The van der Waals surface area contributed by atoms with E-state index in [0.29, 0.717) is 22.8 Å². The standard InChI is InChI=1S/C19H16F3N7/c1-11(2)29-10-25-15-17(26-13-5-8-24-14(9-13)19(20,21)22)27-16(28-18(15)29)12-3-6-23-7-4-12/h3-11H,1-2H3,(H,24,26,27,28). The van der Waals surface area contributed by atoms with Crippen molar-refractivity contribution in [3.8, 4) is 11.4 Å². The van der Waals surface area contributed by atoms with E-state index in [0.717, 1.165) is 17.8 Å². The van der Waals surface area contributed by atoms with Crippen LogP contribution in [0.4, 0.5) is 24.7 Å². The highest BCUT2D eigenvalue weighted by Crippen LogP contribution is 2.31. The first kappa shape index (κ1) is 18.8. The highest BCUT2D eigenvalue weighted by Gasteiger charge is 2.32. The Bertz CT molecular complexity index is 1150. The van der Waals surface area contributed by atoms with Crippen molar-refractivity contribution in [2.45, 2.75) is 26.1 Å². The summed E-state index contributed by atoms with van der Waals surface area (Å²) in [5.41, 5.74) is 0.977. The van der Waals surface area contributed by atoms with Gasteiger partial charge in [0.05, 0.1) is 6.33 Å². The van der Waals surface area contributed by atoms with Gasteiger partial charge in [-0.05, 0) is 38.1 Å². The summed E-state index contributed by atoms with van der Waals surface area (Å²) in [6, 6.07) is 5.98. The Morgan fingerprint density at radius 3 is 2.45 bits per heavy atom. The number of anilines is 2. The smallest absolute Gasteiger partial charge is 0.338 e. The maximum absolute atomic E-state index is 13.0. The number of pyridine rings is 2. The molecule has 0 spiro atoms. The highest BCUT2D eigenvalue weighted by atomic mass is 19.4. The van der Waals surface area contributed by atoms with Crippen LogP contribution in [0.1, 0.15) is 25.6 Å². The predicted molar refractivity (Wildman–Crippen MR) is 101 cm³/mol. The zero-order valence-corrected chi connectivity index (χ0v) is 15.5. The van der Waals surface area contributed by atoms with E-state index in [1.807, 2.05) is 18.4 Å². The molecular formula is C19H16F3N7. The quantitative estimate of drug-likeness (QED) is 0.539. The van der Waals surface area contributed by atoms with Gasteiger partial charge in [-0.1, -0.05) is 0 Å². The minimum absolute atomic E-state index is 0.0887. The van der Waals surface area contributed by atoms with Gasteiger partial charge < -0.3 is 9.88 Å². The summed E-state index contributed by atoms with van der Waals surface area (Å²) >= 11 is 0. The number of halogens is 3. The van der Waals surface area contributed by atoms with E-state index in [4.69, 9.17) is 0 Å². The number of imidazole rings is 1. The Balaban J connectivity index is 1.85. The van der Waals surface area contributed by atoms with Crippen molar-refractivity contribution < 1.29 is 13.2 Å². The molecule has 7 nitrogen and oxygen atoms in total. The fraction of sp³-hybridized carbons (Fsp3) is 0.211. The molecule has 29 heavy (non-hydrogen) atoms. The number of aromatic nitrogens is 6. The third kappa shape index (κ3) is 3.73. The molecule has 1 N–H and O–H groups in total. The van der Waals surface area contributed by atoms with Crippen molar-refractivity contribution in [3.05, 3.63) is 54.9 Å². The van der Waals surface area contributed by atoms with E-state index in [2.05, 4.69) is 30.2 Å². The Hall–Kier alpha value is -3.56. The number of nitrogens with one attached hydrogen (secondary N) is 1. The van der Waals surface area contributed by atoms with Gasteiger partial charge >= 0.3 is 6.18 Å². The van der Waals surface area contributed by atoms with Crippen LogP contribution >= 0.6 is 0 Å². The van der Waals surface area contributed by atoms with Crippen LogP contribution in [0.2, 0.25) is 0 Å². The van der Waals surface area contributed by atoms with Crippen molar-refractivity contribution in [1.82, 2.24) is 29.5 Å². The van der Waals surface area contributed by atoms with E-state index >= 15 is 0 Å². The van der Waals surface area contributed by atoms with Crippen LogP contribution in [-0.4, -0.2) is 29.5 Å². The summed E-state index contributed by atoms with van der Waals surface area (Å²) in [4.78, 5) is 20.9. The minimum atomic E-state index is -4.54. The molecule has 0 atom stereocenters. The lowest BCUT2D eigenvalue weighted by molar-refractivity contribution is -0.141. The summed E-state index contributed by atoms with van der Waals surface area (Å²) in [7, 11) is 0. The summed E-state index contributed by atoms with van der Waals surface area (Å²) < 4.78 is 40.9. The van der Waals surface area contributed by atoms with Crippen molar-refractivity contribution >= 4 is 22.7 Å². The second kappa shape index (κ2) is 7.12. The number of fused-ring (bicyclic) bond motifs is 1. The van der Waals surface area contributed by atoms with Crippen LogP contribution in [0.15, 0.2) is 49.2 Å². The van der Waals surface area contributed by atoms with Gasteiger partial charge in [-0.15, -0.1) is 0 Å². The summed E-state index contributed by atoms with van der Waals surface area (Å²) in [5.74, 6) is 0.718. The molecule has 0 aliphatic carbocycles. The van der Waals surface area contributed by atoms with Crippen molar-refractivity contribution in [2.24, 2.45) is 0 Å². The number of rotatable bonds is 4. The molecule has 0 aromatic carbocycles. The fourth-order valence-electron chi connectivity index (χ4n) is 2.81. The summed E-state index contributed by atoms with van der Waals surface area (Å²) in [6.45, 7) is 3.97. The lowest BCUT2D eigenvalue weighted by Gasteiger charge is -2.12. The molecule has 4 heterocycles. The van der Waals surface area contributed by atoms with Crippen LogP contribution in [0.3, 0.4) is 0 Å². The molecule has 0 bridgehead atoms. The normalized spacial score (nSPS) is 11.9. The molecule has 4 rings (SSSR count). The van der Waals surface area contributed by atoms with Gasteiger partial charge in [-0.2, -0.15) is 13.2 Å². The highest BCUT2D eigenvalue weighted by molar-refractivity contribution is 5.87. The molecule has 0 aliphatic rings. The third-order valence-corrected chi connectivity index (χ3v) is 4.23. The monoisotopic (exact) mass is 399 g/mol. The van der Waals surface area contributed by atoms with Crippen molar-refractivity contribution in [3.63, 3.8) is 0 Å². The molecule has 0 amide bonds. The van der Waals surface area contributed by atoms with Gasteiger partial charge in [-0.3, -0.25) is 9.97 Å². The van der Waals surface area contributed by atoms with Crippen molar-refractivity contribution in [2.75, 3.05) is 5.32 Å². The SMILES string of the molecule is CC(C)n1cnc2c(Nc3ccnc(C(F)(F)F)c3)nc(-c3ccncc3)nc21. The predicted octanol–water partition coefficient (Wildman–Crippen LogP) is 4.63. The zero-order valence-electron chi connectivity index (χ0n) is 15.5. The van der Waals surface area contributed by atoms with Crippen LogP contribution < -0.4 is 5.32 Å². The number of hydrogen-bond acceptors (Lipinski definition) is 6. The molecule has 148 valence electrons. The maximum atomic E-state index is 13.0. The molecule has 0 unspecified atom stereocenters. The van der Waals surface area contributed by atoms with E-state index in [1.165, 1.54) is 6.07 Å². The second-order valence-corrected chi connectivity index (χ2v) is 6.60. The molecule has 4 aromatic heterocycles. The van der Waals surface area contributed by atoms with Gasteiger partial charge in [0, 0.05) is 35.9 Å². The number of alkyl halides is 3. The molecular weight excluding hydrogens is 383 g/mol. The maximum Gasteiger partial charge on any atom is 0.433 e. The first-order chi connectivity index (χ1) is 13.8. The van der Waals surface area contributed by atoms with E-state index in [1.54, 1.807) is 30.9 Å². The Morgan fingerprint density at radius 1 is 1.00 bits per heavy atom. The average molecular weight is 399 g/mol. The Labute approximate surface area is 163 Å². The number of hydrogen-bond donors (Lipinski definition) is 1. The molecule has 0 fully saturated rings. The second-order valence-electron chi connectivity index (χ2n) is 6.60. The third-order valence-electron chi connectivity index (χ3n) is 4.23. The van der Waals surface area contributed by atoms with Gasteiger partial charge in [0.25, 0.3) is 0 Å². The minimum Gasteiger partial charge on any atom is -0.338 e. The van der Waals surface area contributed by atoms with Crippen LogP contribution in [0, 0.1) is 0 Å². The lowest BCUT2D eigenvalue weighted by Crippen LogP contribution is -2.08. The Kier molecular flexibility index (Phi) is 4.61. The van der Waals surface area contributed by atoms with Crippen LogP contribution in [0.5, 0.6) is 0 Å². The van der Waals surface area contributed by atoms with Gasteiger partial charge in [0.2, 0.25) is 0 Å². The van der Waals surface area contributed by atoms with Crippen LogP contribution in [0.25, 0.3) is 22.6 Å². The summed E-state index contributed by atoms with van der Waals surface area (Å²) in [6.07, 6.45) is 1.43. The van der Waals surface area contributed by atoms with Gasteiger partial charge in [0.1, 0.15) is 5.69 Å². The van der Waals surface area contributed by atoms with Crippen LogP contribution in [-0.2, 0) is 6.18 Å². The molecule has 0 saturated carbocycles. The lowest BCUT2D eigenvalue weighted by atomic mass is 10.2. The zero-order chi connectivity index (χ0) is 20.6. The molecule has 0 radical (unpaired) electrons.